The molecule has 0 radical (unpaired) electrons. The third-order valence-corrected chi connectivity index (χ3v) is 7.24. The lowest BCUT2D eigenvalue weighted by Crippen LogP contribution is -2.53. The zero-order chi connectivity index (χ0) is 27.3. The summed E-state index contributed by atoms with van der Waals surface area (Å²) in [7, 11) is 4.99. The number of hydrogen-bond donors (Lipinski definition) is 3. The lowest BCUT2D eigenvalue weighted by atomic mass is 9.85. The largest absolute Gasteiger partial charge is 0.390 e. The van der Waals surface area contributed by atoms with E-state index < -0.39 is 6.10 Å². The van der Waals surface area contributed by atoms with Gasteiger partial charge in [-0.3, -0.25) is 19.6 Å². The van der Waals surface area contributed by atoms with Crippen LogP contribution in [0, 0.1) is 0 Å². The first-order chi connectivity index (χ1) is 18.5. The van der Waals surface area contributed by atoms with Crippen LogP contribution in [0.25, 0.3) is 0 Å². The summed E-state index contributed by atoms with van der Waals surface area (Å²) in [4.78, 5) is 25.6. The Balaban J connectivity index is 1.43. The molecule has 0 spiro atoms. The van der Waals surface area contributed by atoms with E-state index >= 15 is 0 Å². The number of benzene rings is 1. The van der Waals surface area contributed by atoms with E-state index in [1.807, 2.05) is 6.07 Å². The number of amides is 1. The maximum absolute atomic E-state index is 12.8. The van der Waals surface area contributed by atoms with Crippen LogP contribution in [-0.4, -0.2) is 119 Å². The topological polar surface area (TPSA) is 111 Å². The summed E-state index contributed by atoms with van der Waals surface area (Å²) in [6, 6.07) is 9.09. The fourth-order valence-electron chi connectivity index (χ4n) is 4.97. The quantitative estimate of drug-likeness (QED) is 0.273. The van der Waals surface area contributed by atoms with Gasteiger partial charge in [0.05, 0.1) is 19.3 Å². The molecule has 0 aromatic heterocycles. The fraction of sp³-hybridized carbons (Fsp3) is 0.607. The predicted molar refractivity (Wildman–Crippen MR) is 151 cm³/mol. The molecule has 1 saturated carbocycles. The van der Waals surface area contributed by atoms with Gasteiger partial charge in [-0.15, -0.1) is 0 Å². The molecule has 3 rings (SSSR count). The predicted octanol–water partition coefficient (Wildman–Crippen LogP) is 0.850. The van der Waals surface area contributed by atoms with E-state index in [2.05, 4.69) is 55.3 Å². The summed E-state index contributed by atoms with van der Waals surface area (Å²) in [5.74, 6) is 0.160. The summed E-state index contributed by atoms with van der Waals surface area (Å²) in [5, 5.41) is 16.7. The van der Waals surface area contributed by atoms with Crippen molar-refractivity contribution >= 4 is 18.3 Å². The average molecular weight is 529 g/mol. The number of ether oxygens (including phenoxy) is 2. The van der Waals surface area contributed by atoms with Crippen LogP contribution in [0.4, 0.5) is 0 Å². The number of fused-ring (bicyclic) bond motifs is 1. The number of aliphatic imine (C=N–C) groups is 2. The van der Waals surface area contributed by atoms with Gasteiger partial charge in [-0.25, -0.2) is 4.99 Å². The highest BCUT2D eigenvalue weighted by molar-refractivity contribution is 6.43. The molecule has 1 amide bonds. The second-order valence-corrected chi connectivity index (χ2v) is 9.90. The normalized spacial score (nSPS) is 21.0. The standard InChI is InChI=1S/C28H44N6O4/c1-29-26(17-27(30-2)32-23-15-24(16-23)34(11-13-37-3)12-14-38-4)28(36)31-18-25(35)20-33-10-9-21-7-5-6-8-22(21)19-33/h5-8,17,23-25,32,35H,2,9-16,18-20H2,1,3-4H3,(H,31,36)/b27-17+,29-26+/t23-,24+,25-/m0/s1. The van der Waals surface area contributed by atoms with Crippen molar-refractivity contribution in [1.82, 2.24) is 20.4 Å². The second kappa shape index (κ2) is 15.7. The molecule has 1 aromatic carbocycles. The minimum atomic E-state index is -0.674. The minimum absolute atomic E-state index is 0.150. The van der Waals surface area contributed by atoms with Gasteiger partial charge in [0.1, 0.15) is 11.5 Å². The molecule has 1 aliphatic carbocycles. The molecule has 1 fully saturated rings. The van der Waals surface area contributed by atoms with E-state index in [1.54, 1.807) is 27.3 Å². The summed E-state index contributed by atoms with van der Waals surface area (Å²) in [5.41, 5.74) is 2.90. The Morgan fingerprint density at radius 1 is 1.24 bits per heavy atom. The van der Waals surface area contributed by atoms with Crippen LogP contribution in [0.2, 0.25) is 0 Å². The maximum Gasteiger partial charge on any atom is 0.269 e. The Morgan fingerprint density at radius 3 is 2.55 bits per heavy atom. The van der Waals surface area contributed by atoms with E-state index in [1.165, 1.54) is 11.1 Å². The van der Waals surface area contributed by atoms with Gasteiger partial charge in [0.15, 0.2) is 0 Å². The number of nitrogens with zero attached hydrogens (tertiary/aromatic N) is 4. The molecule has 38 heavy (non-hydrogen) atoms. The minimum Gasteiger partial charge on any atom is -0.390 e. The van der Waals surface area contributed by atoms with Crippen LogP contribution in [-0.2, 0) is 27.2 Å². The molecule has 10 nitrogen and oxygen atoms in total. The molecule has 2 aliphatic rings. The van der Waals surface area contributed by atoms with Crippen molar-refractivity contribution in [1.29, 1.82) is 0 Å². The maximum atomic E-state index is 12.8. The first-order valence-corrected chi connectivity index (χ1v) is 13.4. The highest BCUT2D eigenvalue weighted by Gasteiger charge is 2.33. The van der Waals surface area contributed by atoms with Gasteiger partial charge < -0.3 is 25.2 Å². The van der Waals surface area contributed by atoms with Crippen molar-refractivity contribution in [3.05, 3.63) is 47.3 Å². The van der Waals surface area contributed by atoms with Crippen molar-refractivity contribution in [3.8, 4) is 0 Å². The van der Waals surface area contributed by atoms with Crippen LogP contribution >= 0.6 is 0 Å². The first-order valence-electron chi connectivity index (χ1n) is 13.4. The molecule has 1 aromatic rings. The van der Waals surface area contributed by atoms with Crippen LogP contribution in [0.3, 0.4) is 0 Å². The summed E-state index contributed by atoms with van der Waals surface area (Å²) < 4.78 is 10.5. The Bertz CT molecular complexity index is 954. The number of nitrogens with one attached hydrogen (secondary N) is 2. The first kappa shape index (κ1) is 29.9. The van der Waals surface area contributed by atoms with Gasteiger partial charge in [-0.1, -0.05) is 24.3 Å². The molecule has 1 aliphatic heterocycles. The summed E-state index contributed by atoms with van der Waals surface area (Å²) in [6.45, 7) is 9.10. The van der Waals surface area contributed by atoms with Crippen molar-refractivity contribution in [2.24, 2.45) is 9.98 Å². The van der Waals surface area contributed by atoms with E-state index in [9.17, 15) is 9.90 Å². The van der Waals surface area contributed by atoms with E-state index in [-0.39, 0.29) is 24.2 Å². The van der Waals surface area contributed by atoms with Gasteiger partial charge >= 0.3 is 0 Å². The number of β-amino-alcohol motifs (C(OH)–C–C–N with tert-alkyl or cyclic N) is 1. The van der Waals surface area contributed by atoms with Crippen LogP contribution in [0.1, 0.15) is 24.0 Å². The van der Waals surface area contributed by atoms with Gasteiger partial charge in [0, 0.05) is 78.7 Å². The van der Waals surface area contributed by atoms with Crippen molar-refractivity contribution in [2.75, 3.05) is 67.2 Å². The molecule has 10 heteroatoms. The third-order valence-electron chi connectivity index (χ3n) is 7.24. The molecule has 1 heterocycles. The zero-order valence-electron chi connectivity index (χ0n) is 23.1. The number of methoxy groups -OCH3 is 2. The molecule has 0 bridgehead atoms. The number of rotatable bonds is 16. The molecule has 0 saturated heterocycles. The van der Waals surface area contributed by atoms with Crippen molar-refractivity contribution in [3.63, 3.8) is 0 Å². The number of hydrogen-bond acceptors (Lipinski definition) is 9. The SMILES string of the molecule is C=N/C(=C\C(=N/C)C(=O)NC[C@H](O)CN1CCc2ccccc2C1)N[C@H]1C[C@@H](N(CCOC)CCOC)C1. The highest BCUT2D eigenvalue weighted by Crippen LogP contribution is 2.26. The summed E-state index contributed by atoms with van der Waals surface area (Å²) in [6.07, 6.45) is 3.82. The van der Waals surface area contributed by atoms with Gasteiger partial charge in [0.2, 0.25) is 0 Å². The molecule has 210 valence electrons. The Kier molecular flexibility index (Phi) is 12.4. The average Bonchev–Trinajstić information content (AvgIpc) is 2.91. The Labute approximate surface area is 226 Å². The zero-order valence-corrected chi connectivity index (χ0v) is 23.1. The molecular weight excluding hydrogens is 484 g/mol. The summed E-state index contributed by atoms with van der Waals surface area (Å²) >= 11 is 0. The number of aliphatic hydroxyl groups excluding tert-OH is 1. The smallest absolute Gasteiger partial charge is 0.269 e. The lowest BCUT2D eigenvalue weighted by molar-refractivity contribution is -0.115. The third kappa shape index (κ3) is 8.99. The van der Waals surface area contributed by atoms with Crippen LogP contribution in [0.15, 0.2) is 46.1 Å². The monoisotopic (exact) mass is 528 g/mol. The van der Waals surface area contributed by atoms with Gasteiger partial charge in [-0.2, -0.15) is 0 Å². The lowest BCUT2D eigenvalue weighted by Gasteiger charge is -2.43. The van der Waals surface area contributed by atoms with E-state index in [4.69, 9.17) is 9.47 Å². The van der Waals surface area contributed by atoms with Crippen LogP contribution < -0.4 is 10.6 Å². The number of carbonyl (C=O) groups is 1. The Morgan fingerprint density at radius 2 is 1.92 bits per heavy atom. The van der Waals surface area contributed by atoms with Gasteiger partial charge in [0.25, 0.3) is 5.91 Å². The Hall–Kier alpha value is -2.63. The van der Waals surface area contributed by atoms with Crippen LogP contribution in [0.5, 0.6) is 0 Å². The van der Waals surface area contributed by atoms with E-state index in [0.717, 1.165) is 45.4 Å². The molecule has 1 atom stereocenters. The van der Waals surface area contributed by atoms with Gasteiger partial charge in [-0.05, 0) is 37.1 Å². The number of carbonyl (C=O) groups excluding carboxylic acids is 1. The molecule has 0 unspecified atom stereocenters. The van der Waals surface area contributed by atoms with Crippen molar-refractivity contribution in [2.45, 2.75) is 44.0 Å². The highest BCUT2D eigenvalue weighted by atomic mass is 16.5. The number of aliphatic hydroxyl groups is 1. The molecule has 3 N–H and O–H groups in total. The second-order valence-electron chi connectivity index (χ2n) is 9.90. The van der Waals surface area contributed by atoms with Crippen molar-refractivity contribution < 1.29 is 19.4 Å². The van der Waals surface area contributed by atoms with E-state index in [0.29, 0.717) is 31.6 Å². The molecular formula is C28H44N6O4. The fourth-order valence-corrected chi connectivity index (χ4v) is 4.97.